The number of nitrogens with one attached hydrogen (secondary N) is 1. The first-order valence-corrected chi connectivity index (χ1v) is 8.25. The van der Waals surface area contributed by atoms with Crippen molar-refractivity contribution in [1.82, 2.24) is 9.71 Å². The van der Waals surface area contributed by atoms with Gasteiger partial charge in [0.15, 0.2) is 5.76 Å². The van der Waals surface area contributed by atoms with Crippen LogP contribution in [0.5, 0.6) is 0 Å². The van der Waals surface area contributed by atoms with Crippen LogP contribution < -0.4 is 4.72 Å². The fraction of sp³-hybridized carbons (Fsp3) is 0.267. The van der Waals surface area contributed by atoms with E-state index in [0.717, 1.165) is 11.1 Å². The molecule has 2 rings (SSSR count). The monoisotopic (exact) mass is 306 g/mol. The van der Waals surface area contributed by atoms with Crippen LogP contribution in [0.25, 0.3) is 11.3 Å². The second kappa shape index (κ2) is 6.69. The molecule has 0 unspecified atom stereocenters. The van der Waals surface area contributed by atoms with E-state index in [9.17, 15) is 8.42 Å². The lowest BCUT2D eigenvalue weighted by Crippen LogP contribution is -2.25. The van der Waals surface area contributed by atoms with Gasteiger partial charge in [0.05, 0.1) is 18.5 Å². The topological polar surface area (TPSA) is 72.2 Å². The molecular formula is C15H18N2O3S. The van der Waals surface area contributed by atoms with E-state index in [1.165, 1.54) is 0 Å². The molecule has 1 heterocycles. The van der Waals surface area contributed by atoms with Gasteiger partial charge in [-0.25, -0.2) is 18.1 Å². The summed E-state index contributed by atoms with van der Waals surface area (Å²) in [4.78, 5) is 4.08. The molecule has 2 aromatic rings. The Morgan fingerprint density at radius 3 is 2.71 bits per heavy atom. The molecule has 0 fully saturated rings. The van der Waals surface area contributed by atoms with Gasteiger partial charge in [-0.3, -0.25) is 0 Å². The van der Waals surface area contributed by atoms with Crippen molar-refractivity contribution in [3.8, 4) is 11.3 Å². The summed E-state index contributed by atoms with van der Waals surface area (Å²) in [5.41, 5.74) is 2.07. The maximum atomic E-state index is 11.6. The lowest BCUT2D eigenvalue weighted by Gasteiger charge is -2.02. The van der Waals surface area contributed by atoms with E-state index >= 15 is 0 Å². The van der Waals surface area contributed by atoms with Crippen molar-refractivity contribution in [2.24, 2.45) is 0 Å². The summed E-state index contributed by atoms with van der Waals surface area (Å²) in [6.07, 6.45) is 3.58. The van der Waals surface area contributed by atoms with Gasteiger partial charge in [-0.15, -0.1) is 6.58 Å². The SMILES string of the molecule is C=CCCS(=O)(=O)NCc1ncc(-c2ccc(C)cc2)o1. The summed E-state index contributed by atoms with van der Waals surface area (Å²) in [6, 6.07) is 7.84. The highest BCUT2D eigenvalue weighted by atomic mass is 32.2. The van der Waals surface area contributed by atoms with Crippen molar-refractivity contribution in [1.29, 1.82) is 0 Å². The Balaban J connectivity index is 2.00. The molecule has 5 nitrogen and oxygen atoms in total. The molecule has 1 N–H and O–H groups in total. The van der Waals surface area contributed by atoms with E-state index < -0.39 is 10.0 Å². The zero-order valence-electron chi connectivity index (χ0n) is 11.9. The van der Waals surface area contributed by atoms with Gasteiger partial charge in [0.1, 0.15) is 0 Å². The van der Waals surface area contributed by atoms with E-state index in [1.54, 1.807) is 12.3 Å². The fourth-order valence-corrected chi connectivity index (χ4v) is 2.69. The number of allylic oxidation sites excluding steroid dienone is 1. The number of hydrogen-bond acceptors (Lipinski definition) is 4. The van der Waals surface area contributed by atoms with Crippen LogP contribution in [-0.2, 0) is 16.6 Å². The predicted molar refractivity (Wildman–Crippen MR) is 82.1 cm³/mol. The van der Waals surface area contributed by atoms with Crippen LogP contribution in [-0.4, -0.2) is 19.2 Å². The van der Waals surface area contributed by atoms with Crippen molar-refractivity contribution >= 4 is 10.0 Å². The maximum absolute atomic E-state index is 11.6. The van der Waals surface area contributed by atoms with E-state index in [2.05, 4.69) is 16.3 Å². The summed E-state index contributed by atoms with van der Waals surface area (Å²) in [5, 5.41) is 0. The first-order valence-electron chi connectivity index (χ1n) is 6.60. The molecule has 0 saturated heterocycles. The second-order valence-corrected chi connectivity index (χ2v) is 6.63. The van der Waals surface area contributed by atoms with E-state index in [1.807, 2.05) is 31.2 Å². The minimum absolute atomic E-state index is 0.0159. The van der Waals surface area contributed by atoms with Gasteiger partial charge in [-0.1, -0.05) is 35.9 Å². The van der Waals surface area contributed by atoms with Gasteiger partial charge in [0.2, 0.25) is 15.9 Å². The molecule has 0 aliphatic carbocycles. The Morgan fingerprint density at radius 1 is 1.33 bits per heavy atom. The van der Waals surface area contributed by atoms with E-state index in [-0.39, 0.29) is 12.3 Å². The second-order valence-electron chi connectivity index (χ2n) is 4.70. The van der Waals surface area contributed by atoms with Gasteiger partial charge in [-0.2, -0.15) is 0 Å². The smallest absolute Gasteiger partial charge is 0.212 e. The third-order valence-electron chi connectivity index (χ3n) is 2.92. The third kappa shape index (κ3) is 4.54. The van der Waals surface area contributed by atoms with Crippen LogP contribution in [0.2, 0.25) is 0 Å². The number of oxazole rings is 1. The number of aryl methyl sites for hydroxylation is 1. The Labute approximate surface area is 124 Å². The Kier molecular flexibility index (Phi) is 4.93. The number of sulfonamides is 1. The number of benzene rings is 1. The Morgan fingerprint density at radius 2 is 2.05 bits per heavy atom. The average Bonchev–Trinajstić information content (AvgIpc) is 2.93. The van der Waals surface area contributed by atoms with Crippen LogP contribution in [0.1, 0.15) is 17.9 Å². The number of nitrogens with zero attached hydrogens (tertiary/aromatic N) is 1. The summed E-state index contributed by atoms with van der Waals surface area (Å²) in [7, 11) is -3.32. The van der Waals surface area contributed by atoms with Gasteiger partial charge in [0, 0.05) is 5.56 Å². The molecule has 1 aromatic carbocycles. The molecule has 112 valence electrons. The van der Waals surface area contributed by atoms with Gasteiger partial charge in [-0.05, 0) is 13.3 Å². The molecule has 0 bridgehead atoms. The predicted octanol–water partition coefficient (Wildman–Crippen LogP) is 2.65. The van der Waals surface area contributed by atoms with Crippen molar-refractivity contribution in [3.63, 3.8) is 0 Å². The quantitative estimate of drug-likeness (QED) is 0.798. The Bertz CT molecular complexity index is 703. The number of rotatable bonds is 7. The molecule has 0 aliphatic heterocycles. The summed E-state index contributed by atoms with van der Waals surface area (Å²) in [6.45, 7) is 5.56. The van der Waals surface area contributed by atoms with Crippen LogP contribution in [0, 0.1) is 6.92 Å². The molecule has 0 saturated carbocycles. The normalized spacial score (nSPS) is 11.5. The Hall–Kier alpha value is -1.92. The molecule has 0 amide bonds. The molecule has 0 radical (unpaired) electrons. The molecule has 0 spiro atoms. The standard InChI is InChI=1S/C15H18N2O3S/c1-3-4-9-21(18,19)17-11-15-16-10-14(20-15)13-7-5-12(2)6-8-13/h3,5-8,10,17H,1,4,9,11H2,2H3. The molecule has 6 heteroatoms. The third-order valence-corrected chi connectivity index (χ3v) is 4.28. The number of hydrogen-bond donors (Lipinski definition) is 1. The zero-order chi connectivity index (χ0) is 15.3. The maximum Gasteiger partial charge on any atom is 0.212 e. The largest absolute Gasteiger partial charge is 0.439 e. The lowest BCUT2D eigenvalue weighted by atomic mass is 10.1. The van der Waals surface area contributed by atoms with Crippen LogP contribution in [0.15, 0.2) is 47.5 Å². The van der Waals surface area contributed by atoms with Crippen LogP contribution in [0.3, 0.4) is 0 Å². The zero-order valence-corrected chi connectivity index (χ0v) is 12.7. The average molecular weight is 306 g/mol. The van der Waals surface area contributed by atoms with Crippen molar-refractivity contribution in [2.45, 2.75) is 19.9 Å². The number of aromatic nitrogens is 1. The van der Waals surface area contributed by atoms with Crippen LogP contribution in [0.4, 0.5) is 0 Å². The van der Waals surface area contributed by atoms with Crippen LogP contribution >= 0.6 is 0 Å². The van der Waals surface area contributed by atoms with E-state index in [4.69, 9.17) is 4.42 Å². The summed E-state index contributed by atoms with van der Waals surface area (Å²) >= 11 is 0. The van der Waals surface area contributed by atoms with Gasteiger partial charge >= 0.3 is 0 Å². The van der Waals surface area contributed by atoms with Crippen molar-refractivity contribution in [2.75, 3.05) is 5.75 Å². The highest BCUT2D eigenvalue weighted by Gasteiger charge is 2.12. The first kappa shape index (κ1) is 15.5. The van der Waals surface area contributed by atoms with Crippen molar-refractivity contribution in [3.05, 3.63) is 54.6 Å². The molecule has 21 heavy (non-hydrogen) atoms. The highest BCUT2D eigenvalue weighted by molar-refractivity contribution is 7.89. The summed E-state index contributed by atoms with van der Waals surface area (Å²) in [5.74, 6) is 0.977. The molecule has 0 atom stereocenters. The highest BCUT2D eigenvalue weighted by Crippen LogP contribution is 2.20. The van der Waals surface area contributed by atoms with Gasteiger partial charge < -0.3 is 4.42 Å². The molecule has 0 aliphatic rings. The molecule has 1 aromatic heterocycles. The fourth-order valence-electron chi connectivity index (χ4n) is 1.73. The molecular weight excluding hydrogens is 288 g/mol. The summed E-state index contributed by atoms with van der Waals surface area (Å²) < 4.78 is 31.3. The van der Waals surface area contributed by atoms with E-state index in [0.29, 0.717) is 18.1 Å². The minimum Gasteiger partial charge on any atom is -0.439 e. The van der Waals surface area contributed by atoms with Crippen molar-refractivity contribution < 1.29 is 12.8 Å². The lowest BCUT2D eigenvalue weighted by molar-refractivity contribution is 0.494. The van der Waals surface area contributed by atoms with Gasteiger partial charge in [0.25, 0.3) is 0 Å². The first-order chi connectivity index (χ1) is 10.00. The minimum atomic E-state index is -3.32.